The normalized spacial score (nSPS) is 11.3. The summed E-state index contributed by atoms with van der Waals surface area (Å²) in [6, 6.07) is 7.32. The number of rotatable bonds is 5. The molecule has 0 spiro atoms. The van der Waals surface area contributed by atoms with Crippen LogP contribution in [-0.2, 0) is 30.6 Å². The summed E-state index contributed by atoms with van der Waals surface area (Å²) in [5.74, 6) is 2.08. The third-order valence-corrected chi connectivity index (χ3v) is 2.16. The maximum atomic E-state index is 11.7. The van der Waals surface area contributed by atoms with Crippen LogP contribution in [0.3, 0.4) is 0 Å². The Balaban J connectivity index is 2.62. The molecule has 1 aromatic rings. The van der Waals surface area contributed by atoms with E-state index < -0.39 is 23.9 Å². The molecule has 7 heteroatoms. The smallest absolute Gasteiger partial charge is 0.358 e. The van der Waals surface area contributed by atoms with Gasteiger partial charge in [-0.15, -0.1) is 0 Å². The Morgan fingerprint density at radius 1 is 1.21 bits per heavy atom. The fourth-order valence-corrected chi connectivity index (χ4v) is 1.30. The fraction of sp³-hybridized carbons (Fsp3) is 0.250. The lowest BCUT2D eigenvalue weighted by Crippen LogP contribution is -2.48. The van der Waals surface area contributed by atoms with Crippen LogP contribution in [-0.4, -0.2) is 23.9 Å². The number of amides is 1. The van der Waals surface area contributed by atoms with E-state index in [0.29, 0.717) is 0 Å². The Morgan fingerprint density at radius 3 is 2.37 bits per heavy atom. The minimum Gasteiger partial charge on any atom is -0.459 e. The Kier molecular flexibility index (Phi) is 5.49. The number of hydrogen-bond donors (Lipinski definition) is 2. The molecule has 0 fully saturated rings. The molecule has 1 rings (SSSR count). The van der Waals surface area contributed by atoms with Gasteiger partial charge in [-0.2, -0.15) is 5.90 Å². The molecule has 0 aromatic heterocycles. The van der Waals surface area contributed by atoms with Gasteiger partial charge in [0.15, 0.2) is 0 Å². The maximum Gasteiger partial charge on any atom is 0.358 e. The molecule has 7 nitrogen and oxygen atoms in total. The van der Waals surface area contributed by atoms with Crippen molar-refractivity contribution in [1.29, 1.82) is 0 Å². The molecule has 0 saturated heterocycles. The van der Waals surface area contributed by atoms with Crippen molar-refractivity contribution in [2.24, 2.45) is 5.90 Å². The summed E-state index contributed by atoms with van der Waals surface area (Å²) in [6.07, 6.45) is 0. The second kappa shape index (κ2) is 7.12. The highest BCUT2D eigenvalue weighted by molar-refractivity contribution is 6.02. The predicted octanol–water partition coefficient (Wildman–Crippen LogP) is -0.349. The van der Waals surface area contributed by atoms with Crippen LogP contribution in [0, 0.1) is 0 Å². The van der Waals surface area contributed by atoms with Crippen molar-refractivity contribution < 1.29 is 24.0 Å². The highest BCUT2D eigenvalue weighted by Gasteiger charge is 2.30. The number of nitrogens with two attached hydrogens (primary N) is 1. The van der Waals surface area contributed by atoms with Gasteiger partial charge in [-0.1, -0.05) is 30.3 Å². The van der Waals surface area contributed by atoms with Crippen LogP contribution >= 0.6 is 0 Å². The fourth-order valence-electron chi connectivity index (χ4n) is 1.30. The van der Waals surface area contributed by atoms with Crippen LogP contribution in [0.25, 0.3) is 0 Å². The van der Waals surface area contributed by atoms with Crippen LogP contribution in [0.2, 0.25) is 0 Å². The molecular weight excluding hydrogens is 252 g/mol. The largest absolute Gasteiger partial charge is 0.459 e. The summed E-state index contributed by atoms with van der Waals surface area (Å²) in [7, 11) is 0. The van der Waals surface area contributed by atoms with Gasteiger partial charge in [-0.05, 0) is 5.56 Å². The van der Waals surface area contributed by atoms with Crippen molar-refractivity contribution in [1.82, 2.24) is 5.32 Å². The van der Waals surface area contributed by atoms with Crippen LogP contribution in [0.1, 0.15) is 12.5 Å². The standard InChI is InChI=1S/C12H14N2O5/c1-8(15)14-10(12(17)19-13)11(16)18-7-9-5-3-2-4-6-9/h2-6,10H,7,13H2,1H3,(H,14,15). The number of hydrogen-bond acceptors (Lipinski definition) is 6. The first kappa shape index (κ1) is 14.7. The second-order valence-electron chi connectivity index (χ2n) is 3.66. The first-order chi connectivity index (χ1) is 9.04. The number of ether oxygens (including phenoxy) is 1. The lowest BCUT2D eigenvalue weighted by molar-refractivity contribution is -0.161. The van der Waals surface area contributed by atoms with E-state index in [-0.39, 0.29) is 6.61 Å². The molecule has 0 aliphatic heterocycles. The van der Waals surface area contributed by atoms with Crippen molar-refractivity contribution in [2.75, 3.05) is 0 Å². The molecule has 1 amide bonds. The summed E-state index contributed by atoms with van der Waals surface area (Å²) in [5.41, 5.74) is 0.749. The number of esters is 1. The molecule has 1 aromatic carbocycles. The maximum absolute atomic E-state index is 11.7. The van der Waals surface area contributed by atoms with E-state index in [2.05, 4.69) is 16.1 Å². The number of nitrogens with one attached hydrogen (secondary N) is 1. The van der Waals surface area contributed by atoms with Gasteiger partial charge in [0.1, 0.15) is 6.61 Å². The Hall–Kier alpha value is -2.41. The highest BCUT2D eigenvalue weighted by atomic mass is 16.7. The van der Waals surface area contributed by atoms with Crippen molar-refractivity contribution in [3.05, 3.63) is 35.9 Å². The molecule has 1 atom stereocenters. The zero-order chi connectivity index (χ0) is 14.3. The van der Waals surface area contributed by atoms with E-state index in [4.69, 9.17) is 4.74 Å². The molecule has 102 valence electrons. The first-order valence-corrected chi connectivity index (χ1v) is 5.43. The van der Waals surface area contributed by atoms with Crippen molar-refractivity contribution in [2.45, 2.75) is 19.6 Å². The second-order valence-corrected chi connectivity index (χ2v) is 3.66. The number of carbonyl (C=O) groups is 3. The molecule has 0 aliphatic carbocycles. The molecule has 0 saturated carbocycles. The lowest BCUT2D eigenvalue weighted by Gasteiger charge is -2.14. The number of carbonyl (C=O) groups excluding carboxylic acids is 3. The third-order valence-electron chi connectivity index (χ3n) is 2.16. The van der Waals surface area contributed by atoms with E-state index in [0.717, 1.165) is 12.5 Å². The van der Waals surface area contributed by atoms with Crippen LogP contribution < -0.4 is 11.2 Å². The minimum absolute atomic E-state index is 0.0202. The van der Waals surface area contributed by atoms with Gasteiger partial charge in [0, 0.05) is 6.92 Å². The summed E-state index contributed by atoms with van der Waals surface area (Å²) < 4.78 is 4.90. The molecule has 0 radical (unpaired) electrons. The molecule has 0 heterocycles. The van der Waals surface area contributed by atoms with Crippen molar-refractivity contribution in [3.8, 4) is 0 Å². The zero-order valence-corrected chi connectivity index (χ0v) is 10.3. The molecule has 3 N–H and O–H groups in total. The molecule has 1 unspecified atom stereocenters. The van der Waals surface area contributed by atoms with Gasteiger partial charge in [-0.25, -0.2) is 9.59 Å². The summed E-state index contributed by atoms with van der Waals surface area (Å²) in [4.78, 5) is 37.7. The van der Waals surface area contributed by atoms with E-state index in [1.54, 1.807) is 24.3 Å². The van der Waals surface area contributed by atoms with E-state index in [1.807, 2.05) is 6.07 Å². The third kappa shape index (κ3) is 4.76. The topological polar surface area (TPSA) is 108 Å². The van der Waals surface area contributed by atoms with Gasteiger partial charge in [0.25, 0.3) is 0 Å². The first-order valence-electron chi connectivity index (χ1n) is 5.43. The van der Waals surface area contributed by atoms with Gasteiger partial charge in [0.05, 0.1) is 0 Å². The van der Waals surface area contributed by atoms with Crippen molar-refractivity contribution in [3.63, 3.8) is 0 Å². The van der Waals surface area contributed by atoms with Crippen LogP contribution in [0.15, 0.2) is 30.3 Å². The van der Waals surface area contributed by atoms with E-state index in [1.165, 1.54) is 0 Å². The monoisotopic (exact) mass is 266 g/mol. The quantitative estimate of drug-likeness (QED) is 0.428. The molecule has 0 aliphatic rings. The zero-order valence-electron chi connectivity index (χ0n) is 10.3. The molecule has 19 heavy (non-hydrogen) atoms. The SMILES string of the molecule is CC(=O)NC(C(=O)ON)C(=O)OCc1ccccc1. The predicted molar refractivity (Wildman–Crippen MR) is 64.1 cm³/mol. The summed E-state index contributed by atoms with van der Waals surface area (Å²) >= 11 is 0. The summed E-state index contributed by atoms with van der Waals surface area (Å²) in [5, 5.41) is 2.10. The van der Waals surface area contributed by atoms with Crippen molar-refractivity contribution >= 4 is 17.8 Å². The minimum atomic E-state index is -1.56. The molecule has 0 bridgehead atoms. The average Bonchev–Trinajstić information content (AvgIpc) is 2.42. The van der Waals surface area contributed by atoms with Gasteiger partial charge < -0.3 is 14.9 Å². The average molecular weight is 266 g/mol. The Labute approximate surface area is 109 Å². The summed E-state index contributed by atoms with van der Waals surface area (Å²) in [6.45, 7) is 1.13. The van der Waals surface area contributed by atoms with Gasteiger partial charge >= 0.3 is 11.9 Å². The Bertz CT molecular complexity index is 460. The lowest BCUT2D eigenvalue weighted by atomic mass is 10.2. The number of benzene rings is 1. The highest BCUT2D eigenvalue weighted by Crippen LogP contribution is 2.02. The van der Waals surface area contributed by atoms with E-state index in [9.17, 15) is 14.4 Å². The van der Waals surface area contributed by atoms with Gasteiger partial charge in [0.2, 0.25) is 11.9 Å². The Morgan fingerprint density at radius 2 is 1.84 bits per heavy atom. The van der Waals surface area contributed by atoms with Crippen LogP contribution in [0.4, 0.5) is 0 Å². The van der Waals surface area contributed by atoms with Gasteiger partial charge in [-0.3, -0.25) is 4.79 Å². The molecular formula is C12H14N2O5. The van der Waals surface area contributed by atoms with Crippen LogP contribution in [0.5, 0.6) is 0 Å². The van der Waals surface area contributed by atoms with E-state index >= 15 is 0 Å².